The minimum Gasteiger partial charge on any atom is -0.411 e. The minimum atomic E-state index is -0.474. The third-order valence-corrected chi connectivity index (χ3v) is 6.26. The quantitative estimate of drug-likeness (QED) is 0.411. The van der Waals surface area contributed by atoms with Crippen LogP contribution in [0.1, 0.15) is 20.8 Å². The molecule has 0 unspecified atom stereocenters. The standard InChI is InChI=1S/C21H22Cl2N4O2S/c1-4-27(5-2)15-11-9-14(10-12-15)20-25-26-21(29-20)30-13(3)19(28)24-17-8-6-7-16(22)18(17)23/h6-13H,4-5H2,1-3H3,(H,24,28)/t13-/m0/s1. The first-order chi connectivity index (χ1) is 14.4. The van der Waals surface area contributed by atoms with Gasteiger partial charge in [-0.1, -0.05) is 41.0 Å². The number of hydrogen-bond donors (Lipinski definition) is 1. The van der Waals surface area contributed by atoms with Gasteiger partial charge < -0.3 is 14.6 Å². The molecule has 2 aromatic carbocycles. The molecule has 158 valence electrons. The van der Waals surface area contributed by atoms with E-state index in [0.29, 0.717) is 26.8 Å². The summed E-state index contributed by atoms with van der Waals surface area (Å²) >= 11 is 13.3. The van der Waals surface area contributed by atoms with Gasteiger partial charge in [-0.05, 0) is 57.2 Å². The molecule has 6 nitrogen and oxygen atoms in total. The first kappa shape index (κ1) is 22.5. The van der Waals surface area contributed by atoms with Gasteiger partial charge in [0.15, 0.2) is 0 Å². The Balaban J connectivity index is 1.64. The molecule has 9 heteroatoms. The lowest BCUT2D eigenvalue weighted by molar-refractivity contribution is -0.115. The molecule has 0 spiro atoms. The molecule has 30 heavy (non-hydrogen) atoms. The fourth-order valence-electron chi connectivity index (χ4n) is 2.82. The molecule has 0 aliphatic heterocycles. The van der Waals surface area contributed by atoms with Gasteiger partial charge in [-0.2, -0.15) is 0 Å². The zero-order valence-electron chi connectivity index (χ0n) is 16.9. The van der Waals surface area contributed by atoms with Gasteiger partial charge in [-0.25, -0.2) is 0 Å². The van der Waals surface area contributed by atoms with Crippen LogP contribution in [-0.2, 0) is 4.79 Å². The molecule has 3 rings (SSSR count). The van der Waals surface area contributed by atoms with Crippen molar-refractivity contribution >= 4 is 52.2 Å². The van der Waals surface area contributed by atoms with Crippen LogP contribution in [0, 0.1) is 0 Å². The van der Waals surface area contributed by atoms with Crippen molar-refractivity contribution in [2.45, 2.75) is 31.2 Å². The molecule has 1 aromatic heterocycles. The van der Waals surface area contributed by atoms with Crippen LogP contribution in [0.4, 0.5) is 11.4 Å². The number of carbonyl (C=O) groups is 1. The van der Waals surface area contributed by atoms with Gasteiger partial charge in [0.1, 0.15) is 0 Å². The van der Waals surface area contributed by atoms with Crippen molar-refractivity contribution in [2.24, 2.45) is 0 Å². The smallest absolute Gasteiger partial charge is 0.277 e. The van der Waals surface area contributed by atoms with Gasteiger partial charge in [0.05, 0.1) is 21.0 Å². The Labute approximate surface area is 190 Å². The number of benzene rings is 2. The molecule has 1 amide bonds. The molecule has 1 atom stereocenters. The highest BCUT2D eigenvalue weighted by Gasteiger charge is 2.20. The molecule has 0 bridgehead atoms. The lowest BCUT2D eigenvalue weighted by Crippen LogP contribution is -2.22. The first-order valence-corrected chi connectivity index (χ1v) is 11.2. The summed E-state index contributed by atoms with van der Waals surface area (Å²) in [4.78, 5) is 14.7. The number of nitrogens with zero attached hydrogens (tertiary/aromatic N) is 3. The van der Waals surface area contributed by atoms with Crippen molar-refractivity contribution in [3.8, 4) is 11.5 Å². The van der Waals surface area contributed by atoms with Crippen LogP contribution < -0.4 is 10.2 Å². The maximum atomic E-state index is 12.5. The van der Waals surface area contributed by atoms with E-state index in [1.165, 1.54) is 11.8 Å². The second-order valence-corrected chi connectivity index (χ2v) is 8.52. The van der Waals surface area contributed by atoms with Gasteiger partial charge in [0, 0.05) is 24.3 Å². The highest BCUT2D eigenvalue weighted by molar-refractivity contribution is 8.00. The summed E-state index contributed by atoms with van der Waals surface area (Å²) in [6.07, 6.45) is 0. The molecule has 1 N–H and O–H groups in total. The monoisotopic (exact) mass is 464 g/mol. The molecule has 0 radical (unpaired) electrons. The van der Waals surface area contributed by atoms with Gasteiger partial charge >= 0.3 is 0 Å². The van der Waals surface area contributed by atoms with E-state index >= 15 is 0 Å². The van der Waals surface area contributed by atoms with Gasteiger partial charge in [-0.15, -0.1) is 10.2 Å². The third-order valence-electron chi connectivity index (χ3n) is 4.51. The van der Waals surface area contributed by atoms with Crippen LogP contribution in [-0.4, -0.2) is 34.4 Å². The minimum absolute atomic E-state index is 0.243. The van der Waals surface area contributed by atoms with Crippen molar-refractivity contribution in [3.63, 3.8) is 0 Å². The maximum Gasteiger partial charge on any atom is 0.277 e. The molecule has 1 heterocycles. The Hall–Kier alpha value is -2.22. The number of halogens is 2. The fraction of sp³-hybridized carbons (Fsp3) is 0.286. The number of thioether (sulfide) groups is 1. The van der Waals surface area contributed by atoms with Gasteiger partial charge in [0.2, 0.25) is 11.8 Å². The Morgan fingerprint density at radius 3 is 2.50 bits per heavy atom. The number of carbonyl (C=O) groups excluding carboxylic acids is 1. The van der Waals surface area contributed by atoms with Crippen LogP contribution in [0.3, 0.4) is 0 Å². The van der Waals surface area contributed by atoms with Gasteiger partial charge in [-0.3, -0.25) is 4.79 Å². The van der Waals surface area contributed by atoms with Gasteiger partial charge in [0.25, 0.3) is 5.22 Å². The van der Waals surface area contributed by atoms with E-state index in [0.717, 1.165) is 24.3 Å². The van der Waals surface area contributed by atoms with E-state index in [9.17, 15) is 4.79 Å². The summed E-state index contributed by atoms with van der Waals surface area (Å²) in [6, 6.07) is 13.0. The summed E-state index contributed by atoms with van der Waals surface area (Å²) in [5, 5.41) is 11.4. The Morgan fingerprint density at radius 2 is 1.83 bits per heavy atom. The van der Waals surface area contributed by atoms with Crippen molar-refractivity contribution in [3.05, 3.63) is 52.5 Å². The number of amides is 1. The number of aromatic nitrogens is 2. The third kappa shape index (κ3) is 5.28. The predicted molar refractivity (Wildman–Crippen MR) is 124 cm³/mol. The van der Waals surface area contributed by atoms with E-state index in [1.54, 1.807) is 25.1 Å². The van der Waals surface area contributed by atoms with Crippen LogP contribution in [0.25, 0.3) is 11.5 Å². The molecular formula is C21H22Cl2N4O2S. The molecule has 3 aromatic rings. The number of anilines is 2. The molecule has 0 saturated carbocycles. The molecule has 0 aliphatic carbocycles. The Morgan fingerprint density at radius 1 is 1.13 bits per heavy atom. The lowest BCUT2D eigenvalue weighted by Gasteiger charge is -2.20. The molecule has 0 fully saturated rings. The summed E-state index contributed by atoms with van der Waals surface area (Å²) in [6.45, 7) is 7.88. The van der Waals surface area contributed by atoms with E-state index < -0.39 is 5.25 Å². The average molecular weight is 465 g/mol. The molecular weight excluding hydrogens is 443 g/mol. The highest BCUT2D eigenvalue weighted by atomic mass is 35.5. The highest BCUT2D eigenvalue weighted by Crippen LogP contribution is 2.31. The van der Waals surface area contributed by atoms with Crippen molar-refractivity contribution < 1.29 is 9.21 Å². The summed E-state index contributed by atoms with van der Waals surface area (Å²) in [7, 11) is 0. The SMILES string of the molecule is CCN(CC)c1ccc(-c2nnc(S[C@@H](C)C(=O)Nc3cccc(Cl)c3Cl)o2)cc1. The first-order valence-electron chi connectivity index (χ1n) is 9.53. The van der Waals surface area contributed by atoms with Crippen molar-refractivity contribution in [1.82, 2.24) is 10.2 Å². The molecule has 0 saturated heterocycles. The van der Waals surface area contributed by atoms with E-state index in [-0.39, 0.29) is 5.91 Å². The second-order valence-electron chi connectivity index (χ2n) is 6.44. The predicted octanol–water partition coefficient (Wildman–Crippen LogP) is 6.01. The zero-order valence-corrected chi connectivity index (χ0v) is 19.2. The van der Waals surface area contributed by atoms with Crippen LogP contribution in [0.5, 0.6) is 0 Å². The Kier molecular flexibility index (Phi) is 7.64. The van der Waals surface area contributed by atoms with Crippen LogP contribution >= 0.6 is 35.0 Å². The fourth-order valence-corrected chi connectivity index (χ4v) is 3.85. The largest absolute Gasteiger partial charge is 0.411 e. The van der Waals surface area contributed by atoms with Crippen LogP contribution in [0.2, 0.25) is 10.0 Å². The maximum absolute atomic E-state index is 12.5. The Bertz CT molecular complexity index is 1010. The topological polar surface area (TPSA) is 71.3 Å². The van der Waals surface area contributed by atoms with E-state index in [4.69, 9.17) is 27.6 Å². The zero-order chi connectivity index (χ0) is 21.7. The lowest BCUT2D eigenvalue weighted by atomic mass is 10.2. The van der Waals surface area contributed by atoms with E-state index in [1.807, 2.05) is 24.3 Å². The van der Waals surface area contributed by atoms with Crippen LogP contribution in [0.15, 0.2) is 52.1 Å². The number of hydrogen-bond acceptors (Lipinski definition) is 6. The number of rotatable bonds is 8. The summed E-state index contributed by atoms with van der Waals surface area (Å²) < 4.78 is 5.74. The van der Waals surface area contributed by atoms with E-state index in [2.05, 4.69) is 34.3 Å². The number of nitrogens with one attached hydrogen (secondary N) is 1. The van der Waals surface area contributed by atoms with Crippen molar-refractivity contribution in [1.29, 1.82) is 0 Å². The van der Waals surface area contributed by atoms with Crippen molar-refractivity contribution in [2.75, 3.05) is 23.3 Å². The molecule has 0 aliphatic rings. The normalized spacial score (nSPS) is 11.9. The second kappa shape index (κ2) is 10.2. The summed E-state index contributed by atoms with van der Waals surface area (Å²) in [5.74, 6) is 0.168. The summed E-state index contributed by atoms with van der Waals surface area (Å²) in [5.41, 5.74) is 2.43. The average Bonchev–Trinajstić information content (AvgIpc) is 3.21.